The zero-order valence-electron chi connectivity index (χ0n) is 10.3. The first kappa shape index (κ1) is 13.0. The van der Waals surface area contributed by atoms with Crippen LogP contribution in [0.3, 0.4) is 0 Å². The van der Waals surface area contributed by atoms with E-state index < -0.39 is 11.9 Å². The number of rotatable bonds is 3. The van der Waals surface area contributed by atoms with Crippen molar-refractivity contribution in [3.8, 4) is 0 Å². The Bertz CT molecular complexity index is 275. The van der Waals surface area contributed by atoms with E-state index in [0.717, 1.165) is 6.42 Å². The Morgan fingerprint density at radius 2 is 2.06 bits per heavy atom. The van der Waals surface area contributed by atoms with E-state index in [-0.39, 0.29) is 11.9 Å². The fraction of sp³-hybridized carbons (Fsp3) is 0.833. The quantitative estimate of drug-likeness (QED) is 0.799. The molecule has 4 heteroatoms. The van der Waals surface area contributed by atoms with Gasteiger partial charge in [-0.2, -0.15) is 0 Å². The van der Waals surface area contributed by atoms with Crippen molar-refractivity contribution in [3.63, 3.8) is 0 Å². The van der Waals surface area contributed by atoms with Crippen LogP contribution in [0.15, 0.2) is 0 Å². The average Bonchev–Trinajstić information content (AvgIpc) is 2.16. The van der Waals surface area contributed by atoms with Gasteiger partial charge in [0.15, 0.2) is 0 Å². The van der Waals surface area contributed by atoms with Gasteiger partial charge in [0.25, 0.3) is 0 Å². The molecular formula is C12H21NO3. The number of piperidine rings is 1. The third-order valence-electron chi connectivity index (χ3n) is 3.21. The van der Waals surface area contributed by atoms with Gasteiger partial charge in [0.05, 0.1) is 5.92 Å². The molecule has 1 aliphatic rings. The van der Waals surface area contributed by atoms with Crippen molar-refractivity contribution >= 4 is 11.9 Å². The van der Waals surface area contributed by atoms with E-state index in [4.69, 9.17) is 5.11 Å². The highest BCUT2D eigenvalue weighted by atomic mass is 16.4. The van der Waals surface area contributed by atoms with Gasteiger partial charge in [-0.05, 0) is 25.7 Å². The molecule has 0 aliphatic carbocycles. The van der Waals surface area contributed by atoms with Gasteiger partial charge >= 0.3 is 5.97 Å². The van der Waals surface area contributed by atoms with Crippen molar-refractivity contribution in [2.75, 3.05) is 6.54 Å². The smallest absolute Gasteiger partial charge is 0.308 e. The Morgan fingerprint density at radius 1 is 1.44 bits per heavy atom. The molecule has 1 N–H and O–H groups in total. The van der Waals surface area contributed by atoms with Gasteiger partial charge in [0.2, 0.25) is 5.91 Å². The van der Waals surface area contributed by atoms with E-state index in [9.17, 15) is 9.59 Å². The van der Waals surface area contributed by atoms with Crippen LogP contribution in [0.2, 0.25) is 0 Å². The number of hydrogen-bond acceptors (Lipinski definition) is 2. The van der Waals surface area contributed by atoms with Crippen molar-refractivity contribution in [1.29, 1.82) is 0 Å². The summed E-state index contributed by atoms with van der Waals surface area (Å²) in [7, 11) is 0. The van der Waals surface area contributed by atoms with E-state index in [2.05, 4.69) is 0 Å². The molecule has 16 heavy (non-hydrogen) atoms. The van der Waals surface area contributed by atoms with E-state index in [0.29, 0.717) is 25.3 Å². The molecule has 1 fully saturated rings. The molecule has 0 unspecified atom stereocenters. The number of hydrogen-bond donors (Lipinski definition) is 1. The van der Waals surface area contributed by atoms with Crippen LogP contribution in [-0.4, -0.2) is 34.5 Å². The third kappa shape index (κ3) is 2.97. The van der Waals surface area contributed by atoms with Gasteiger partial charge in [-0.15, -0.1) is 0 Å². The zero-order chi connectivity index (χ0) is 12.3. The molecule has 2 atom stereocenters. The number of carbonyl (C=O) groups is 2. The van der Waals surface area contributed by atoms with Gasteiger partial charge in [0.1, 0.15) is 0 Å². The summed E-state index contributed by atoms with van der Waals surface area (Å²) in [5, 5.41) is 9.05. The highest BCUT2D eigenvalue weighted by Crippen LogP contribution is 2.24. The predicted molar refractivity (Wildman–Crippen MR) is 61.0 cm³/mol. The predicted octanol–water partition coefficient (Wildman–Crippen LogP) is 1.74. The number of amides is 1. The normalized spacial score (nSPS) is 25.9. The molecule has 1 rings (SSSR count). The molecular weight excluding hydrogens is 206 g/mol. The first-order valence-corrected chi connectivity index (χ1v) is 5.95. The van der Waals surface area contributed by atoms with Crippen LogP contribution in [0.1, 0.15) is 40.0 Å². The second-order valence-corrected chi connectivity index (χ2v) is 5.01. The largest absolute Gasteiger partial charge is 0.481 e. The topological polar surface area (TPSA) is 57.6 Å². The maximum atomic E-state index is 11.9. The van der Waals surface area contributed by atoms with E-state index >= 15 is 0 Å². The molecule has 0 spiro atoms. The molecule has 4 nitrogen and oxygen atoms in total. The number of carbonyl (C=O) groups excluding carboxylic acids is 1. The van der Waals surface area contributed by atoms with Crippen LogP contribution >= 0.6 is 0 Å². The number of carboxylic acids is 1. The van der Waals surface area contributed by atoms with Crippen LogP contribution in [0.25, 0.3) is 0 Å². The summed E-state index contributed by atoms with van der Waals surface area (Å²) in [5.41, 5.74) is 0. The van der Waals surface area contributed by atoms with E-state index in [1.54, 1.807) is 4.90 Å². The summed E-state index contributed by atoms with van der Waals surface area (Å²) in [6.45, 7) is 6.55. The number of carboxylic acid groups (broad SMARTS) is 1. The summed E-state index contributed by atoms with van der Waals surface area (Å²) >= 11 is 0. The van der Waals surface area contributed by atoms with Crippen LogP contribution in [0.5, 0.6) is 0 Å². The molecule has 1 saturated heterocycles. The summed E-state index contributed by atoms with van der Waals surface area (Å²) in [5.74, 6) is -0.766. The van der Waals surface area contributed by atoms with Crippen molar-refractivity contribution in [2.45, 2.75) is 46.1 Å². The molecule has 1 aliphatic heterocycles. The SMILES string of the molecule is CC(C)CC(=O)N1CCC[C@H](C(=O)O)[C@@H]1C. The van der Waals surface area contributed by atoms with Gasteiger partial charge in [-0.25, -0.2) is 0 Å². The average molecular weight is 227 g/mol. The van der Waals surface area contributed by atoms with Gasteiger partial charge in [-0.1, -0.05) is 13.8 Å². The van der Waals surface area contributed by atoms with Crippen molar-refractivity contribution in [3.05, 3.63) is 0 Å². The molecule has 1 amide bonds. The summed E-state index contributed by atoms with van der Waals surface area (Å²) in [6, 6.07) is -0.169. The number of aliphatic carboxylic acids is 1. The summed E-state index contributed by atoms with van der Waals surface area (Å²) in [4.78, 5) is 24.7. The van der Waals surface area contributed by atoms with Crippen LogP contribution < -0.4 is 0 Å². The molecule has 1 heterocycles. The molecule has 92 valence electrons. The molecule has 0 radical (unpaired) electrons. The van der Waals surface area contributed by atoms with Crippen LogP contribution in [0.4, 0.5) is 0 Å². The standard InChI is InChI=1S/C12H21NO3/c1-8(2)7-11(14)13-6-4-5-10(9(13)3)12(15)16/h8-10H,4-7H2,1-3H3,(H,15,16)/t9-,10-/m0/s1. The first-order chi connectivity index (χ1) is 7.43. The van der Waals surface area contributed by atoms with E-state index in [1.165, 1.54) is 0 Å². The van der Waals surface area contributed by atoms with Crippen molar-refractivity contribution in [1.82, 2.24) is 4.90 Å². The minimum atomic E-state index is -0.783. The van der Waals surface area contributed by atoms with Crippen LogP contribution in [0, 0.1) is 11.8 Å². The third-order valence-corrected chi connectivity index (χ3v) is 3.21. The lowest BCUT2D eigenvalue weighted by molar-refractivity contribution is -0.149. The first-order valence-electron chi connectivity index (χ1n) is 5.95. The lowest BCUT2D eigenvalue weighted by Gasteiger charge is -2.37. The maximum absolute atomic E-state index is 11.9. The fourth-order valence-electron chi connectivity index (χ4n) is 2.29. The minimum absolute atomic E-state index is 0.0912. The highest BCUT2D eigenvalue weighted by molar-refractivity contribution is 5.78. The maximum Gasteiger partial charge on any atom is 0.308 e. The summed E-state index contributed by atoms with van der Waals surface area (Å²) < 4.78 is 0. The Labute approximate surface area is 96.6 Å². The molecule has 0 aromatic heterocycles. The molecule has 0 aromatic rings. The molecule has 0 saturated carbocycles. The van der Waals surface area contributed by atoms with Crippen molar-refractivity contribution in [2.24, 2.45) is 11.8 Å². The highest BCUT2D eigenvalue weighted by Gasteiger charge is 2.35. The lowest BCUT2D eigenvalue weighted by atomic mass is 9.89. The minimum Gasteiger partial charge on any atom is -0.481 e. The summed E-state index contributed by atoms with van der Waals surface area (Å²) in [6.07, 6.45) is 1.99. The van der Waals surface area contributed by atoms with Gasteiger partial charge in [-0.3, -0.25) is 9.59 Å². The van der Waals surface area contributed by atoms with Gasteiger partial charge in [0, 0.05) is 19.0 Å². The molecule has 0 bridgehead atoms. The second-order valence-electron chi connectivity index (χ2n) is 5.01. The Morgan fingerprint density at radius 3 is 2.56 bits per heavy atom. The molecule has 0 aromatic carbocycles. The Hall–Kier alpha value is -1.06. The zero-order valence-corrected chi connectivity index (χ0v) is 10.3. The monoisotopic (exact) mass is 227 g/mol. The Kier molecular flexibility index (Phi) is 4.33. The number of nitrogens with zero attached hydrogens (tertiary/aromatic N) is 1. The number of likely N-dealkylation sites (tertiary alicyclic amines) is 1. The van der Waals surface area contributed by atoms with Crippen molar-refractivity contribution < 1.29 is 14.7 Å². The second kappa shape index (κ2) is 5.32. The lowest BCUT2D eigenvalue weighted by Crippen LogP contribution is -2.49. The van der Waals surface area contributed by atoms with Crippen LogP contribution in [-0.2, 0) is 9.59 Å². The Balaban J connectivity index is 2.66. The van der Waals surface area contributed by atoms with E-state index in [1.807, 2.05) is 20.8 Å². The fourth-order valence-corrected chi connectivity index (χ4v) is 2.29. The van der Waals surface area contributed by atoms with Gasteiger partial charge < -0.3 is 10.0 Å².